The quantitative estimate of drug-likeness (QED) is 0.845. The molecule has 1 saturated heterocycles. The largest absolute Gasteiger partial charge is 0.328 e. The summed E-state index contributed by atoms with van der Waals surface area (Å²) >= 11 is 1.87. The minimum Gasteiger partial charge on any atom is -0.328 e. The van der Waals surface area contributed by atoms with Crippen LogP contribution in [0.5, 0.6) is 0 Å². The second-order valence-corrected chi connectivity index (χ2v) is 5.90. The van der Waals surface area contributed by atoms with Crippen molar-refractivity contribution in [3.05, 3.63) is 48.0 Å². The van der Waals surface area contributed by atoms with Gasteiger partial charge in [-0.05, 0) is 12.1 Å². The molecule has 0 aliphatic carbocycles. The van der Waals surface area contributed by atoms with Crippen molar-refractivity contribution in [3.63, 3.8) is 0 Å². The zero-order valence-corrected chi connectivity index (χ0v) is 12.1. The molecule has 2 aromatic rings. The van der Waals surface area contributed by atoms with Gasteiger partial charge in [-0.15, -0.1) is 0 Å². The summed E-state index contributed by atoms with van der Waals surface area (Å²) in [6.45, 7) is 0.750. The maximum atomic E-state index is 12.6. The molecule has 1 atom stereocenters. The van der Waals surface area contributed by atoms with Crippen molar-refractivity contribution in [3.8, 4) is 0 Å². The maximum absolute atomic E-state index is 12.6. The Morgan fingerprint density at radius 2 is 2.35 bits per heavy atom. The first-order valence-electron chi connectivity index (χ1n) is 6.54. The van der Waals surface area contributed by atoms with Crippen molar-refractivity contribution in [1.82, 2.24) is 19.7 Å². The molecule has 1 amide bonds. The Hall–Kier alpha value is -1.82. The van der Waals surface area contributed by atoms with Crippen molar-refractivity contribution in [2.45, 2.75) is 6.04 Å². The molecule has 0 aromatic carbocycles. The number of thioether (sulfide) groups is 1. The molecular weight excluding hydrogens is 272 g/mol. The van der Waals surface area contributed by atoms with Gasteiger partial charge in [-0.1, -0.05) is 6.07 Å². The van der Waals surface area contributed by atoms with Gasteiger partial charge in [0.05, 0.1) is 12.2 Å². The van der Waals surface area contributed by atoms with Crippen LogP contribution in [0.25, 0.3) is 0 Å². The van der Waals surface area contributed by atoms with Gasteiger partial charge in [-0.25, -0.2) is 0 Å². The summed E-state index contributed by atoms with van der Waals surface area (Å²) in [5.41, 5.74) is 1.59. The van der Waals surface area contributed by atoms with Gasteiger partial charge in [0.25, 0.3) is 5.91 Å². The fraction of sp³-hybridized carbons (Fsp3) is 0.357. The van der Waals surface area contributed by atoms with E-state index in [-0.39, 0.29) is 11.9 Å². The van der Waals surface area contributed by atoms with E-state index in [9.17, 15) is 4.79 Å². The maximum Gasteiger partial charge on any atom is 0.273 e. The summed E-state index contributed by atoms with van der Waals surface area (Å²) in [5, 5.41) is 4.21. The number of pyridine rings is 1. The van der Waals surface area contributed by atoms with Crippen LogP contribution >= 0.6 is 11.8 Å². The Labute approximate surface area is 122 Å². The average molecular weight is 288 g/mol. The SMILES string of the molecule is Cn1cc([C@@H]2CSCCN2C(=O)c2ccccn2)cn1. The zero-order chi connectivity index (χ0) is 13.9. The molecule has 0 spiro atoms. The Kier molecular flexibility index (Phi) is 3.73. The molecule has 0 N–H and O–H groups in total. The summed E-state index contributed by atoms with van der Waals surface area (Å²) in [5.74, 6) is 1.87. The smallest absolute Gasteiger partial charge is 0.273 e. The lowest BCUT2D eigenvalue weighted by molar-refractivity contribution is 0.0695. The molecule has 0 bridgehead atoms. The summed E-state index contributed by atoms with van der Waals surface area (Å²) in [6, 6.07) is 5.51. The Bertz CT molecular complexity index is 598. The number of amides is 1. The molecule has 0 radical (unpaired) electrons. The van der Waals surface area contributed by atoms with E-state index in [1.54, 1.807) is 16.9 Å². The van der Waals surface area contributed by atoms with E-state index in [0.717, 1.165) is 23.6 Å². The van der Waals surface area contributed by atoms with Crippen LogP contribution in [0.3, 0.4) is 0 Å². The van der Waals surface area contributed by atoms with Gasteiger partial charge in [-0.3, -0.25) is 14.5 Å². The van der Waals surface area contributed by atoms with Crippen LogP contribution in [0.15, 0.2) is 36.8 Å². The second-order valence-electron chi connectivity index (χ2n) is 4.75. The Morgan fingerprint density at radius 1 is 1.45 bits per heavy atom. The number of aromatic nitrogens is 3. The van der Waals surface area contributed by atoms with E-state index in [2.05, 4.69) is 10.1 Å². The van der Waals surface area contributed by atoms with Gasteiger partial charge in [0.2, 0.25) is 0 Å². The highest BCUT2D eigenvalue weighted by Gasteiger charge is 2.30. The van der Waals surface area contributed by atoms with Gasteiger partial charge < -0.3 is 4.90 Å². The molecule has 6 heteroatoms. The van der Waals surface area contributed by atoms with E-state index in [4.69, 9.17) is 0 Å². The molecule has 1 fully saturated rings. The molecule has 0 unspecified atom stereocenters. The lowest BCUT2D eigenvalue weighted by Gasteiger charge is -2.34. The minimum atomic E-state index is -0.000229. The summed E-state index contributed by atoms with van der Waals surface area (Å²) in [4.78, 5) is 18.7. The van der Waals surface area contributed by atoms with Gasteiger partial charge in [0, 0.05) is 43.1 Å². The normalized spacial score (nSPS) is 19.1. The average Bonchev–Trinajstić information content (AvgIpc) is 2.94. The van der Waals surface area contributed by atoms with Gasteiger partial charge in [0.1, 0.15) is 5.69 Å². The number of rotatable bonds is 2. The van der Waals surface area contributed by atoms with E-state index in [1.165, 1.54) is 0 Å². The third-order valence-corrected chi connectivity index (χ3v) is 4.41. The fourth-order valence-corrected chi connectivity index (χ4v) is 3.46. The van der Waals surface area contributed by atoms with Crippen molar-refractivity contribution in [1.29, 1.82) is 0 Å². The Balaban J connectivity index is 1.87. The highest BCUT2D eigenvalue weighted by atomic mass is 32.2. The lowest BCUT2D eigenvalue weighted by atomic mass is 10.1. The number of carbonyl (C=O) groups is 1. The van der Waals surface area contributed by atoms with Crippen molar-refractivity contribution in [2.24, 2.45) is 7.05 Å². The van der Waals surface area contributed by atoms with E-state index in [0.29, 0.717) is 5.69 Å². The fourth-order valence-electron chi connectivity index (χ4n) is 2.37. The third-order valence-electron chi connectivity index (χ3n) is 3.38. The number of aryl methyl sites for hydroxylation is 1. The molecule has 104 valence electrons. The van der Waals surface area contributed by atoms with E-state index >= 15 is 0 Å². The van der Waals surface area contributed by atoms with Gasteiger partial charge in [-0.2, -0.15) is 16.9 Å². The van der Waals surface area contributed by atoms with Crippen LogP contribution in [-0.4, -0.2) is 43.6 Å². The standard InChI is InChI=1S/C14H16N4OS/c1-17-9-11(8-16-17)13-10-20-7-6-18(13)14(19)12-4-2-3-5-15-12/h2-5,8-9,13H,6-7,10H2,1H3/t13-/m0/s1. The van der Waals surface area contributed by atoms with Crippen LogP contribution in [0, 0.1) is 0 Å². The van der Waals surface area contributed by atoms with Crippen LogP contribution in [-0.2, 0) is 7.05 Å². The van der Waals surface area contributed by atoms with Crippen LogP contribution in [0.4, 0.5) is 0 Å². The van der Waals surface area contributed by atoms with Gasteiger partial charge >= 0.3 is 0 Å². The second kappa shape index (κ2) is 5.66. The molecule has 2 aromatic heterocycles. The first-order chi connectivity index (χ1) is 9.75. The van der Waals surface area contributed by atoms with Gasteiger partial charge in [0.15, 0.2) is 0 Å². The molecule has 0 saturated carbocycles. The number of carbonyl (C=O) groups excluding carboxylic acids is 1. The topological polar surface area (TPSA) is 51.0 Å². The van der Waals surface area contributed by atoms with Crippen LogP contribution < -0.4 is 0 Å². The number of nitrogens with zero attached hydrogens (tertiary/aromatic N) is 4. The first kappa shape index (κ1) is 13.2. The third kappa shape index (κ3) is 2.56. The number of hydrogen-bond donors (Lipinski definition) is 0. The van der Waals surface area contributed by atoms with Crippen LogP contribution in [0.1, 0.15) is 22.1 Å². The minimum absolute atomic E-state index is 0.000229. The Morgan fingerprint density at radius 3 is 3.05 bits per heavy atom. The number of hydrogen-bond acceptors (Lipinski definition) is 4. The van der Waals surface area contributed by atoms with Crippen molar-refractivity contribution < 1.29 is 4.79 Å². The molecule has 5 nitrogen and oxygen atoms in total. The van der Waals surface area contributed by atoms with E-state index < -0.39 is 0 Å². The molecule has 1 aliphatic rings. The predicted molar refractivity (Wildman–Crippen MR) is 78.5 cm³/mol. The molecule has 20 heavy (non-hydrogen) atoms. The monoisotopic (exact) mass is 288 g/mol. The molecule has 3 rings (SSSR count). The first-order valence-corrected chi connectivity index (χ1v) is 7.69. The molecule has 3 heterocycles. The predicted octanol–water partition coefficient (Wildman–Crippen LogP) is 1.75. The lowest BCUT2D eigenvalue weighted by Crippen LogP contribution is -2.41. The zero-order valence-electron chi connectivity index (χ0n) is 11.3. The molecular formula is C14H16N4OS. The summed E-state index contributed by atoms with van der Waals surface area (Å²) in [6.07, 6.45) is 5.48. The van der Waals surface area contributed by atoms with E-state index in [1.807, 2.05) is 48.2 Å². The summed E-state index contributed by atoms with van der Waals surface area (Å²) in [7, 11) is 1.89. The summed E-state index contributed by atoms with van der Waals surface area (Å²) < 4.78 is 1.78. The van der Waals surface area contributed by atoms with Crippen LogP contribution in [0.2, 0.25) is 0 Å². The highest BCUT2D eigenvalue weighted by Crippen LogP contribution is 2.30. The van der Waals surface area contributed by atoms with Crippen molar-refractivity contribution >= 4 is 17.7 Å². The highest BCUT2D eigenvalue weighted by molar-refractivity contribution is 7.99. The molecule has 1 aliphatic heterocycles. The van der Waals surface area contributed by atoms with Crippen molar-refractivity contribution in [2.75, 3.05) is 18.1 Å².